The molecule has 1 amide bonds. The van der Waals surface area contributed by atoms with Crippen LogP contribution in [0.1, 0.15) is 6.92 Å². The Labute approximate surface area is 70.5 Å². The summed E-state index contributed by atoms with van der Waals surface area (Å²) in [5, 5.41) is 9.62. The number of hydrogen-bond donors (Lipinski definition) is 1. The molecule has 0 unspecified atom stereocenters. The molecule has 0 radical (unpaired) electrons. The van der Waals surface area contributed by atoms with E-state index in [-0.39, 0.29) is 12.5 Å². The van der Waals surface area contributed by atoms with E-state index in [4.69, 9.17) is 0 Å². The highest BCUT2D eigenvalue weighted by atomic mass is 16.2. The van der Waals surface area contributed by atoms with Crippen LogP contribution in [-0.2, 0) is 4.79 Å². The minimum atomic E-state index is -0.0592. The number of rotatable bonds is 1. The first-order chi connectivity index (χ1) is 5.74. The summed E-state index contributed by atoms with van der Waals surface area (Å²) in [4.78, 5) is 12.6. The van der Waals surface area contributed by atoms with Crippen LogP contribution in [0.3, 0.4) is 0 Å². The summed E-state index contributed by atoms with van der Waals surface area (Å²) in [6.45, 7) is 5.27. The highest BCUT2D eigenvalue weighted by Crippen LogP contribution is 1.97. The van der Waals surface area contributed by atoms with Crippen LogP contribution in [0.5, 0.6) is 0 Å². The predicted molar refractivity (Wildman–Crippen MR) is 46.6 cm³/mol. The quantitative estimate of drug-likeness (QED) is 0.336. The van der Waals surface area contributed by atoms with E-state index < -0.39 is 0 Å². The van der Waals surface area contributed by atoms with E-state index in [0.29, 0.717) is 5.84 Å². The normalized spacial score (nSPS) is 17.6. The van der Waals surface area contributed by atoms with E-state index >= 15 is 0 Å². The molecule has 0 saturated heterocycles. The lowest BCUT2D eigenvalue weighted by Gasteiger charge is -2.21. The standard InChI is InChI=1S/C7H10N4O/c1-6(10-8-2)11-4-3-9-7(12)5-11/h3-4H,2,5H2,1H3,(H,9,12)/b10-6-. The third-order valence-electron chi connectivity index (χ3n) is 1.44. The second kappa shape index (κ2) is 3.66. The maximum Gasteiger partial charge on any atom is 0.243 e. The van der Waals surface area contributed by atoms with Crippen LogP contribution in [0.2, 0.25) is 0 Å². The number of carbonyl (C=O) groups excluding carboxylic acids is 1. The zero-order valence-corrected chi connectivity index (χ0v) is 6.82. The Balaban J connectivity index is 2.69. The van der Waals surface area contributed by atoms with Crippen molar-refractivity contribution in [3.8, 4) is 0 Å². The van der Waals surface area contributed by atoms with Gasteiger partial charge >= 0.3 is 0 Å². The molecule has 5 nitrogen and oxygen atoms in total. The Hall–Kier alpha value is -1.65. The van der Waals surface area contributed by atoms with Gasteiger partial charge in [0.1, 0.15) is 12.4 Å². The maximum absolute atomic E-state index is 10.9. The Kier molecular flexibility index (Phi) is 2.57. The fourth-order valence-corrected chi connectivity index (χ4v) is 0.855. The van der Waals surface area contributed by atoms with Gasteiger partial charge in [0.2, 0.25) is 5.91 Å². The predicted octanol–water partition coefficient (Wildman–Crippen LogP) is -0.0766. The first-order valence-corrected chi connectivity index (χ1v) is 3.47. The topological polar surface area (TPSA) is 57.1 Å². The van der Waals surface area contributed by atoms with Gasteiger partial charge in [-0.3, -0.25) is 4.79 Å². The lowest BCUT2D eigenvalue weighted by Crippen LogP contribution is -2.38. The molecule has 12 heavy (non-hydrogen) atoms. The van der Waals surface area contributed by atoms with E-state index in [1.54, 1.807) is 24.2 Å². The van der Waals surface area contributed by atoms with Gasteiger partial charge in [-0.2, -0.15) is 5.10 Å². The fraction of sp³-hybridized carbons (Fsp3) is 0.286. The highest BCUT2D eigenvalue weighted by molar-refractivity contribution is 5.88. The van der Waals surface area contributed by atoms with Crippen LogP contribution in [-0.4, -0.2) is 29.9 Å². The molecule has 0 bridgehead atoms. The molecule has 0 aliphatic carbocycles. The summed E-state index contributed by atoms with van der Waals surface area (Å²) in [6, 6.07) is 0. The first kappa shape index (κ1) is 8.45. The lowest BCUT2D eigenvalue weighted by atomic mass is 10.4. The van der Waals surface area contributed by atoms with Crippen molar-refractivity contribution in [2.45, 2.75) is 6.92 Å². The molecule has 1 rings (SSSR count). The molecule has 0 atom stereocenters. The number of amidine groups is 1. The zero-order valence-electron chi connectivity index (χ0n) is 6.82. The summed E-state index contributed by atoms with van der Waals surface area (Å²) < 4.78 is 0. The summed E-state index contributed by atoms with van der Waals surface area (Å²) in [5.74, 6) is 0.590. The number of hydrogen-bond acceptors (Lipinski definition) is 3. The van der Waals surface area contributed by atoms with Crippen molar-refractivity contribution < 1.29 is 4.79 Å². The van der Waals surface area contributed by atoms with Gasteiger partial charge in [-0.25, -0.2) is 0 Å². The minimum absolute atomic E-state index is 0.0592. The van der Waals surface area contributed by atoms with Crippen molar-refractivity contribution in [2.75, 3.05) is 6.54 Å². The third-order valence-corrected chi connectivity index (χ3v) is 1.44. The van der Waals surface area contributed by atoms with Crippen molar-refractivity contribution in [2.24, 2.45) is 10.2 Å². The average Bonchev–Trinajstić information content (AvgIpc) is 2.05. The first-order valence-electron chi connectivity index (χ1n) is 3.47. The minimum Gasteiger partial charge on any atom is -0.330 e. The molecule has 0 aromatic carbocycles. The number of nitrogens with one attached hydrogen (secondary N) is 1. The number of amides is 1. The van der Waals surface area contributed by atoms with Crippen LogP contribution < -0.4 is 5.32 Å². The molecule has 0 saturated carbocycles. The van der Waals surface area contributed by atoms with Crippen LogP contribution in [0.4, 0.5) is 0 Å². The SMILES string of the molecule is C=N/N=C(/C)N1C=CNC(=O)C1. The van der Waals surface area contributed by atoms with Gasteiger partial charge in [0.15, 0.2) is 0 Å². The number of nitrogens with zero attached hydrogens (tertiary/aromatic N) is 3. The molecule has 0 aromatic heterocycles. The fourth-order valence-electron chi connectivity index (χ4n) is 0.855. The van der Waals surface area contributed by atoms with Gasteiger partial charge in [-0.1, -0.05) is 0 Å². The smallest absolute Gasteiger partial charge is 0.243 e. The van der Waals surface area contributed by atoms with Crippen LogP contribution >= 0.6 is 0 Å². The summed E-state index contributed by atoms with van der Waals surface area (Å²) in [6.07, 6.45) is 3.29. The Morgan fingerprint density at radius 3 is 3.17 bits per heavy atom. The van der Waals surface area contributed by atoms with Crippen molar-refractivity contribution in [1.82, 2.24) is 10.2 Å². The highest BCUT2D eigenvalue weighted by Gasteiger charge is 2.12. The molecule has 1 aliphatic heterocycles. The van der Waals surface area contributed by atoms with Gasteiger partial charge in [0.25, 0.3) is 0 Å². The van der Waals surface area contributed by atoms with Gasteiger partial charge in [-0.05, 0) is 6.92 Å². The molecular formula is C7H10N4O. The molecule has 64 valence electrons. The van der Waals surface area contributed by atoms with E-state index in [1.807, 2.05) is 0 Å². The van der Waals surface area contributed by atoms with Crippen molar-refractivity contribution in [3.05, 3.63) is 12.4 Å². The van der Waals surface area contributed by atoms with Crippen molar-refractivity contribution in [1.29, 1.82) is 0 Å². The molecule has 1 heterocycles. The summed E-state index contributed by atoms with van der Waals surface area (Å²) >= 11 is 0. The monoisotopic (exact) mass is 166 g/mol. The second-order valence-electron chi connectivity index (χ2n) is 2.30. The molecule has 0 spiro atoms. The van der Waals surface area contributed by atoms with E-state index in [9.17, 15) is 4.79 Å². The van der Waals surface area contributed by atoms with Crippen molar-refractivity contribution >= 4 is 18.5 Å². The molecule has 5 heteroatoms. The van der Waals surface area contributed by atoms with E-state index in [1.165, 1.54) is 0 Å². The van der Waals surface area contributed by atoms with Crippen molar-refractivity contribution in [3.63, 3.8) is 0 Å². The Morgan fingerprint density at radius 1 is 1.83 bits per heavy atom. The van der Waals surface area contributed by atoms with Gasteiger partial charge in [-0.15, -0.1) is 5.10 Å². The lowest BCUT2D eigenvalue weighted by molar-refractivity contribution is -0.120. The summed E-state index contributed by atoms with van der Waals surface area (Å²) in [5.41, 5.74) is 0. The second-order valence-corrected chi connectivity index (χ2v) is 2.30. The Bertz CT molecular complexity index is 256. The largest absolute Gasteiger partial charge is 0.330 e. The zero-order chi connectivity index (χ0) is 8.97. The van der Waals surface area contributed by atoms with Gasteiger partial charge in [0, 0.05) is 19.1 Å². The molecule has 1 aliphatic rings. The van der Waals surface area contributed by atoms with Gasteiger partial charge in [0.05, 0.1) is 0 Å². The maximum atomic E-state index is 10.9. The van der Waals surface area contributed by atoms with Crippen LogP contribution in [0.25, 0.3) is 0 Å². The molecule has 0 fully saturated rings. The van der Waals surface area contributed by atoms with E-state index in [2.05, 4.69) is 22.2 Å². The molecule has 1 N–H and O–H groups in total. The average molecular weight is 166 g/mol. The molecule has 0 aromatic rings. The van der Waals surface area contributed by atoms with Gasteiger partial charge < -0.3 is 10.2 Å². The third kappa shape index (κ3) is 1.91. The van der Waals surface area contributed by atoms with E-state index in [0.717, 1.165) is 0 Å². The summed E-state index contributed by atoms with van der Waals surface area (Å²) in [7, 11) is 0. The number of carbonyl (C=O) groups is 1. The molecular weight excluding hydrogens is 156 g/mol. The van der Waals surface area contributed by atoms with Crippen LogP contribution in [0, 0.1) is 0 Å². The Morgan fingerprint density at radius 2 is 2.58 bits per heavy atom. The van der Waals surface area contributed by atoms with Crippen LogP contribution in [0.15, 0.2) is 22.6 Å².